The van der Waals surface area contributed by atoms with E-state index in [1.54, 1.807) is 6.21 Å². The van der Waals surface area contributed by atoms with Crippen LogP contribution in [0.2, 0.25) is 0 Å². The van der Waals surface area contributed by atoms with Crippen LogP contribution >= 0.6 is 11.8 Å². The van der Waals surface area contributed by atoms with E-state index in [0.717, 1.165) is 40.3 Å². The minimum atomic E-state index is -0.511. The molecule has 0 aromatic carbocycles. The molecule has 23 heavy (non-hydrogen) atoms. The van der Waals surface area contributed by atoms with E-state index in [9.17, 15) is 14.4 Å². The predicted octanol–water partition coefficient (Wildman–Crippen LogP) is 0.0294. The molecule has 0 bridgehead atoms. The average Bonchev–Trinajstić information content (AvgIpc) is 2.56. The Hall–Kier alpha value is -2.16. The first-order chi connectivity index (χ1) is 11.0. The van der Waals surface area contributed by atoms with Crippen LogP contribution in [0.1, 0.15) is 19.3 Å². The molecular formula is C14H19N5O3S. The molecule has 8 nitrogen and oxygen atoms in total. The minimum absolute atomic E-state index is 0.00233. The summed E-state index contributed by atoms with van der Waals surface area (Å²) in [7, 11) is 2.83. The lowest BCUT2D eigenvalue weighted by atomic mass is 9.96. The molecule has 0 saturated carbocycles. The largest absolute Gasteiger partial charge is 0.346 e. The molecule has 0 saturated heterocycles. The number of nitrogens with one attached hydrogen (secondary N) is 1. The standard InChI is InChI=1S/C14H19N5O3S/c1-18-13(21)12(17-19(2)14(18)22)23-9-11(20)16-15-8-10-6-4-3-5-7-10/h3-4,8,10H,5-7,9H2,1-2H3,(H,16,20)/b15-8-/t10-/m1/s1. The van der Waals surface area contributed by atoms with E-state index < -0.39 is 11.2 Å². The van der Waals surface area contributed by atoms with E-state index in [1.807, 2.05) is 0 Å². The SMILES string of the molecule is Cn1nc(SCC(=O)N/N=C\[C@@H]2CC=CCC2)c(=O)n(C)c1=O. The molecular weight excluding hydrogens is 318 g/mol. The Balaban J connectivity index is 1.87. The van der Waals surface area contributed by atoms with Crippen molar-refractivity contribution in [2.24, 2.45) is 25.1 Å². The van der Waals surface area contributed by atoms with Gasteiger partial charge in [0.1, 0.15) is 0 Å². The van der Waals surface area contributed by atoms with E-state index in [2.05, 4.69) is 27.8 Å². The van der Waals surface area contributed by atoms with Crippen LogP contribution in [0.4, 0.5) is 0 Å². The van der Waals surface area contributed by atoms with Gasteiger partial charge in [-0.1, -0.05) is 23.9 Å². The first-order valence-electron chi connectivity index (χ1n) is 7.23. The van der Waals surface area contributed by atoms with Crippen LogP contribution in [-0.2, 0) is 18.9 Å². The molecule has 9 heteroatoms. The third kappa shape index (κ3) is 4.65. The third-order valence-corrected chi connectivity index (χ3v) is 4.35. The predicted molar refractivity (Wildman–Crippen MR) is 88.6 cm³/mol. The quantitative estimate of drug-likeness (QED) is 0.354. The molecule has 0 radical (unpaired) electrons. The number of allylic oxidation sites excluding steroid dienone is 2. The summed E-state index contributed by atoms with van der Waals surface area (Å²) < 4.78 is 2.03. The number of hydrogen-bond donors (Lipinski definition) is 1. The van der Waals surface area contributed by atoms with E-state index in [0.29, 0.717) is 5.92 Å². The zero-order chi connectivity index (χ0) is 16.8. The summed E-state index contributed by atoms with van der Waals surface area (Å²) in [6.45, 7) is 0. The van der Waals surface area contributed by atoms with Crippen molar-refractivity contribution in [2.45, 2.75) is 24.3 Å². The smallest absolute Gasteiger partial charge is 0.272 e. The zero-order valence-corrected chi connectivity index (χ0v) is 13.9. The fourth-order valence-corrected chi connectivity index (χ4v) is 2.87. The highest BCUT2D eigenvalue weighted by Crippen LogP contribution is 2.15. The normalized spacial score (nSPS) is 17.6. The number of amides is 1. The van der Waals surface area contributed by atoms with Gasteiger partial charge in [-0.2, -0.15) is 10.2 Å². The Labute approximate surface area is 137 Å². The van der Waals surface area contributed by atoms with Gasteiger partial charge >= 0.3 is 5.69 Å². The molecule has 0 unspecified atom stereocenters. The van der Waals surface area contributed by atoms with Gasteiger partial charge in [0.15, 0.2) is 5.03 Å². The monoisotopic (exact) mass is 337 g/mol. The zero-order valence-electron chi connectivity index (χ0n) is 13.1. The van der Waals surface area contributed by atoms with E-state index in [-0.39, 0.29) is 16.7 Å². The number of thioether (sulfide) groups is 1. The maximum absolute atomic E-state index is 11.9. The van der Waals surface area contributed by atoms with Gasteiger partial charge < -0.3 is 0 Å². The van der Waals surface area contributed by atoms with Gasteiger partial charge in [0.25, 0.3) is 5.56 Å². The van der Waals surface area contributed by atoms with Gasteiger partial charge in [0, 0.05) is 20.3 Å². The molecule has 1 amide bonds. The molecule has 1 atom stereocenters. The molecule has 1 heterocycles. The molecule has 1 aromatic rings. The molecule has 0 spiro atoms. The Kier molecular flexibility index (Phi) is 5.91. The summed E-state index contributed by atoms with van der Waals surface area (Å²) in [4.78, 5) is 35.1. The number of hydrogen-bond acceptors (Lipinski definition) is 6. The molecule has 1 N–H and O–H groups in total. The van der Waals surface area contributed by atoms with Crippen LogP contribution < -0.4 is 16.7 Å². The molecule has 124 valence electrons. The van der Waals surface area contributed by atoms with Gasteiger partial charge in [0.05, 0.1) is 5.75 Å². The van der Waals surface area contributed by atoms with Crippen LogP contribution in [0.15, 0.2) is 31.9 Å². The fourth-order valence-electron chi connectivity index (χ4n) is 2.09. The summed E-state index contributed by atoms with van der Waals surface area (Å²) in [5.74, 6) is 0.0309. The Morgan fingerprint density at radius 1 is 1.48 bits per heavy atom. The average molecular weight is 337 g/mol. The maximum Gasteiger partial charge on any atom is 0.346 e. The second-order valence-corrected chi connectivity index (χ2v) is 6.19. The Bertz CT molecular complexity index is 750. The Morgan fingerprint density at radius 2 is 2.26 bits per heavy atom. The van der Waals surface area contributed by atoms with Crippen molar-refractivity contribution in [2.75, 3.05) is 5.75 Å². The van der Waals surface area contributed by atoms with Crippen molar-refractivity contribution < 1.29 is 4.79 Å². The fraction of sp³-hybridized carbons (Fsp3) is 0.500. The van der Waals surface area contributed by atoms with Gasteiger partial charge in [-0.3, -0.25) is 14.2 Å². The lowest BCUT2D eigenvalue weighted by Crippen LogP contribution is -2.39. The molecule has 0 aliphatic heterocycles. The lowest BCUT2D eigenvalue weighted by molar-refractivity contribution is -0.118. The number of nitrogens with zero attached hydrogens (tertiary/aromatic N) is 4. The van der Waals surface area contributed by atoms with Crippen LogP contribution in [0.5, 0.6) is 0 Å². The minimum Gasteiger partial charge on any atom is -0.272 e. The summed E-state index contributed by atoms with van der Waals surface area (Å²) in [6, 6.07) is 0. The van der Waals surface area contributed by atoms with Crippen molar-refractivity contribution in [1.82, 2.24) is 19.8 Å². The van der Waals surface area contributed by atoms with Crippen molar-refractivity contribution in [3.8, 4) is 0 Å². The number of carbonyl (C=O) groups is 1. The van der Waals surface area contributed by atoms with Crippen molar-refractivity contribution >= 4 is 23.9 Å². The van der Waals surface area contributed by atoms with Crippen molar-refractivity contribution in [3.63, 3.8) is 0 Å². The van der Waals surface area contributed by atoms with E-state index >= 15 is 0 Å². The van der Waals surface area contributed by atoms with Gasteiger partial charge in [-0.15, -0.1) is 0 Å². The maximum atomic E-state index is 11.9. The summed E-state index contributed by atoms with van der Waals surface area (Å²) in [6.07, 6.45) is 8.99. The van der Waals surface area contributed by atoms with Gasteiger partial charge in [-0.25, -0.2) is 14.9 Å². The van der Waals surface area contributed by atoms with E-state index in [1.165, 1.54) is 14.1 Å². The van der Waals surface area contributed by atoms with Crippen molar-refractivity contribution in [1.29, 1.82) is 0 Å². The van der Waals surface area contributed by atoms with E-state index in [4.69, 9.17) is 0 Å². The summed E-state index contributed by atoms with van der Waals surface area (Å²) in [5.41, 5.74) is 1.43. The summed E-state index contributed by atoms with van der Waals surface area (Å²) >= 11 is 0.977. The lowest BCUT2D eigenvalue weighted by Gasteiger charge is -2.11. The number of rotatable bonds is 5. The topological polar surface area (TPSA) is 98.3 Å². The first-order valence-corrected chi connectivity index (χ1v) is 8.21. The Morgan fingerprint density at radius 3 is 2.96 bits per heavy atom. The van der Waals surface area contributed by atoms with Crippen LogP contribution in [0.3, 0.4) is 0 Å². The van der Waals surface area contributed by atoms with Gasteiger partial charge in [0.2, 0.25) is 5.91 Å². The number of aromatic nitrogens is 3. The number of aryl methyl sites for hydroxylation is 1. The highest BCUT2D eigenvalue weighted by Gasteiger charge is 2.11. The summed E-state index contributed by atoms with van der Waals surface area (Å²) in [5, 5.41) is 7.92. The van der Waals surface area contributed by atoms with Crippen molar-refractivity contribution in [3.05, 3.63) is 33.0 Å². The molecule has 1 aromatic heterocycles. The van der Waals surface area contributed by atoms with Gasteiger partial charge in [-0.05, 0) is 25.2 Å². The van der Waals surface area contributed by atoms with Crippen LogP contribution in [0, 0.1) is 5.92 Å². The second-order valence-electron chi connectivity index (χ2n) is 5.22. The third-order valence-electron chi connectivity index (χ3n) is 3.42. The molecule has 1 aliphatic rings. The highest BCUT2D eigenvalue weighted by atomic mass is 32.2. The molecule has 0 fully saturated rings. The molecule has 2 rings (SSSR count). The number of hydrazone groups is 1. The van der Waals surface area contributed by atoms with Crippen LogP contribution in [0.25, 0.3) is 0 Å². The second kappa shape index (κ2) is 7.91. The highest BCUT2D eigenvalue weighted by molar-refractivity contribution is 7.99. The first kappa shape index (κ1) is 17.2. The van der Waals surface area contributed by atoms with Crippen LogP contribution in [-0.4, -0.2) is 32.2 Å². The number of carbonyl (C=O) groups excluding carboxylic acids is 1. The molecule has 1 aliphatic carbocycles.